The summed E-state index contributed by atoms with van der Waals surface area (Å²) >= 11 is 0. The third-order valence-corrected chi connectivity index (χ3v) is 3.75. The Morgan fingerprint density at radius 1 is 1.16 bits per heavy atom. The third kappa shape index (κ3) is 3.30. The van der Waals surface area contributed by atoms with Gasteiger partial charge in [-0.05, 0) is 34.1 Å². The second kappa shape index (κ2) is 5.07. The van der Waals surface area contributed by atoms with Gasteiger partial charge >= 0.3 is 13.2 Å². The van der Waals surface area contributed by atoms with Gasteiger partial charge in [0.2, 0.25) is 0 Å². The summed E-state index contributed by atoms with van der Waals surface area (Å²) < 4.78 is 11.7. The molecule has 0 unspecified atom stereocenters. The molecular formula is C12H24BNO5. The average molecular weight is 273 g/mol. The normalized spacial score (nSPS) is 22.8. The van der Waals surface area contributed by atoms with Crippen LogP contribution in [0.4, 0.5) is 0 Å². The number of hydrogen-bond donors (Lipinski definition) is 3. The van der Waals surface area contributed by atoms with E-state index in [-0.39, 0.29) is 0 Å². The van der Waals surface area contributed by atoms with Crippen LogP contribution in [0.1, 0.15) is 41.0 Å². The number of hydrogen-bond acceptors (Lipinski definition) is 6. The lowest BCUT2D eigenvalue weighted by Gasteiger charge is -2.32. The first kappa shape index (κ1) is 16.5. The zero-order chi connectivity index (χ0) is 15.1. The van der Waals surface area contributed by atoms with Crippen molar-refractivity contribution in [2.75, 3.05) is 7.05 Å². The Kier molecular flexibility index (Phi) is 4.39. The van der Waals surface area contributed by atoms with Crippen LogP contribution in [0, 0.1) is 0 Å². The molecule has 1 heterocycles. The summed E-state index contributed by atoms with van der Waals surface area (Å²) in [7, 11) is 0.591. The van der Waals surface area contributed by atoms with Crippen LogP contribution >= 0.6 is 0 Å². The zero-order valence-corrected chi connectivity index (χ0v) is 12.5. The first-order valence-electron chi connectivity index (χ1n) is 6.39. The molecule has 1 saturated heterocycles. The van der Waals surface area contributed by atoms with E-state index in [2.05, 4.69) is 0 Å². The molecule has 0 amide bonds. The quantitative estimate of drug-likeness (QED) is 0.509. The van der Waals surface area contributed by atoms with Gasteiger partial charge in [-0.1, -0.05) is 13.0 Å². The van der Waals surface area contributed by atoms with Crippen LogP contribution in [0.5, 0.6) is 0 Å². The SMILES string of the molecule is CC/C=C(/B1OC(C)(C)C(C)(C)O1)N(C)C(O)(O)O. The second-order valence-electron chi connectivity index (χ2n) is 5.78. The highest BCUT2D eigenvalue weighted by Crippen LogP contribution is 2.39. The monoisotopic (exact) mass is 273 g/mol. The lowest BCUT2D eigenvalue weighted by atomic mass is 9.82. The van der Waals surface area contributed by atoms with E-state index in [1.807, 2.05) is 34.6 Å². The third-order valence-electron chi connectivity index (χ3n) is 3.75. The van der Waals surface area contributed by atoms with Gasteiger partial charge < -0.3 is 29.5 Å². The van der Waals surface area contributed by atoms with E-state index in [1.165, 1.54) is 7.05 Å². The molecule has 1 fully saturated rings. The standard InChI is InChI=1S/C12H24BNO5/c1-7-8-9(14(6)12(15,16)17)13-18-10(2,3)11(4,5)19-13/h8,15-17H,7H2,1-6H3/b9-8-. The average Bonchev–Trinajstić information content (AvgIpc) is 2.42. The van der Waals surface area contributed by atoms with E-state index < -0.39 is 24.4 Å². The molecule has 1 aliphatic heterocycles. The molecule has 0 aromatic carbocycles. The highest BCUT2D eigenvalue weighted by atomic mass is 16.7. The molecule has 110 valence electrons. The molecule has 0 radical (unpaired) electrons. The van der Waals surface area contributed by atoms with Gasteiger partial charge in [-0.2, -0.15) is 0 Å². The summed E-state index contributed by atoms with van der Waals surface area (Å²) in [5.74, 6) is 0. The maximum atomic E-state index is 9.29. The summed E-state index contributed by atoms with van der Waals surface area (Å²) in [4.78, 5) is 0.915. The minimum absolute atomic E-state index is 0.369. The van der Waals surface area contributed by atoms with Crippen LogP contribution in [0.15, 0.2) is 11.7 Å². The van der Waals surface area contributed by atoms with E-state index in [9.17, 15) is 15.3 Å². The van der Waals surface area contributed by atoms with E-state index in [1.54, 1.807) is 6.08 Å². The second-order valence-corrected chi connectivity index (χ2v) is 5.78. The fraction of sp³-hybridized carbons (Fsp3) is 0.833. The Hall–Kier alpha value is -0.595. The minimum atomic E-state index is -2.95. The molecule has 7 heteroatoms. The zero-order valence-electron chi connectivity index (χ0n) is 12.5. The largest absolute Gasteiger partial charge is 0.511 e. The van der Waals surface area contributed by atoms with Crippen LogP contribution in [-0.2, 0) is 9.31 Å². The Balaban J connectivity index is 3.02. The first-order chi connectivity index (χ1) is 8.42. The highest BCUT2D eigenvalue weighted by Gasteiger charge is 2.54. The smallest absolute Gasteiger partial charge is 0.398 e. The molecule has 0 saturated carbocycles. The maximum Gasteiger partial charge on any atom is 0.511 e. The first-order valence-corrected chi connectivity index (χ1v) is 6.39. The number of rotatable bonds is 4. The van der Waals surface area contributed by atoms with Crippen LogP contribution in [0.25, 0.3) is 0 Å². The predicted molar refractivity (Wildman–Crippen MR) is 71.6 cm³/mol. The van der Waals surface area contributed by atoms with Gasteiger partial charge in [0.15, 0.2) is 0 Å². The fourth-order valence-electron chi connectivity index (χ4n) is 1.74. The molecule has 0 spiro atoms. The fourth-order valence-corrected chi connectivity index (χ4v) is 1.74. The van der Waals surface area contributed by atoms with Gasteiger partial charge in [-0.25, -0.2) is 0 Å². The Bertz CT molecular complexity index is 346. The van der Waals surface area contributed by atoms with Crippen molar-refractivity contribution in [1.29, 1.82) is 0 Å². The Morgan fingerprint density at radius 2 is 1.58 bits per heavy atom. The molecule has 0 bridgehead atoms. The summed E-state index contributed by atoms with van der Waals surface area (Å²) in [5.41, 5.74) is -0.698. The van der Waals surface area contributed by atoms with Crippen molar-refractivity contribution < 1.29 is 24.6 Å². The van der Waals surface area contributed by atoms with Crippen LogP contribution in [0.2, 0.25) is 0 Å². The van der Waals surface area contributed by atoms with Crippen molar-refractivity contribution in [3.05, 3.63) is 11.7 Å². The van der Waals surface area contributed by atoms with Gasteiger partial charge in [0.1, 0.15) is 0 Å². The van der Waals surface area contributed by atoms with Crippen molar-refractivity contribution in [3.8, 4) is 0 Å². The van der Waals surface area contributed by atoms with Crippen LogP contribution < -0.4 is 0 Å². The van der Waals surface area contributed by atoms with E-state index >= 15 is 0 Å². The highest BCUT2D eigenvalue weighted by molar-refractivity contribution is 6.54. The lowest BCUT2D eigenvalue weighted by molar-refractivity contribution is -0.378. The molecule has 19 heavy (non-hydrogen) atoms. The molecule has 1 aliphatic rings. The Labute approximate surface area is 114 Å². The van der Waals surface area contributed by atoms with Gasteiger partial charge in [0.25, 0.3) is 0 Å². The molecule has 0 atom stereocenters. The van der Waals surface area contributed by atoms with Crippen molar-refractivity contribution in [3.63, 3.8) is 0 Å². The van der Waals surface area contributed by atoms with Crippen molar-refractivity contribution in [2.24, 2.45) is 0 Å². The topological polar surface area (TPSA) is 82.4 Å². The van der Waals surface area contributed by atoms with Crippen LogP contribution in [-0.4, -0.2) is 51.7 Å². The summed E-state index contributed by atoms with van der Waals surface area (Å²) in [5, 5.41) is 27.9. The minimum Gasteiger partial charge on any atom is -0.398 e. The molecule has 1 rings (SSSR count). The molecule has 0 aliphatic carbocycles. The molecule has 3 N–H and O–H groups in total. The van der Waals surface area contributed by atoms with E-state index in [0.717, 1.165) is 4.90 Å². The maximum absolute atomic E-state index is 9.29. The molecular weight excluding hydrogens is 249 g/mol. The Morgan fingerprint density at radius 3 is 1.89 bits per heavy atom. The van der Waals surface area contributed by atoms with Crippen molar-refractivity contribution >= 4 is 7.12 Å². The van der Waals surface area contributed by atoms with E-state index in [0.29, 0.717) is 12.0 Å². The number of allylic oxidation sites excluding steroid dienone is 1. The van der Waals surface area contributed by atoms with E-state index in [4.69, 9.17) is 9.31 Å². The van der Waals surface area contributed by atoms with Crippen molar-refractivity contribution in [2.45, 2.75) is 58.3 Å². The number of nitrogens with zero attached hydrogens (tertiary/aromatic N) is 1. The molecule has 6 nitrogen and oxygen atoms in total. The predicted octanol–water partition coefficient (Wildman–Crippen LogP) is 0.432. The molecule has 0 aromatic heterocycles. The van der Waals surface area contributed by atoms with Crippen molar-refractivity contribution in [1.82, 2.24) is 4.90 Å². The summed E-state index contributed by atoms with van der Waals surface area (Å²) in [6.45, 7) is 9.51. The van der Waals surface area contributed by atoms with Gasteiger partial charge in [-0.3, -0.25) is 0 Å². The molecule has 0 aromatic rings. The van der Waals surface area contributed by atoms with Gasteiger partial charge in [-0.15, -0.1) is 0 Å². The number of aliphatic hydroxyl groups is 3. The lowest BCUT2D eigenvalue weighted by Crippen LogP contribution is -2.49. The van der Waals surface area contributed by atoms with Crippen LogP contribution in [0.3, 0.4) is 0 Å². The van der Waals surface area contributed by atoms with Gasteiger partial charge in [0.05, 0.1) is 11.2 Å². The summed E-state index contributed by atoms with van der Waals surface area (Å²) in [6.07, 6.45) is -0.593. The summed E-state index contributed by atoms with van der Waals surface area (Å²) in [6, 6.07) is 0. The van der Waals surface area contributed by atoms with Gasteiger partial charge in [0, 0.05) is 12.6 Å².